The summed E-state index contributed by atoms with van der Waals surface area (Å²) in [6.45, 7) is 5.40. The van der Waals surface area contributed by atoms with E-state index in [2.05, 4.69) is 15.0 Å². The first-order valence-corrected chi connectivity index (χ1v) is 5.34. The number of Topliss-reactive ketones (excluding diaryl/α,β-unsaturated/α-hetero) is 1. The van der Waals surface area contributed by atoms with E-state index in [4.69, 9.17) is 9.47 Å². The van der Waals surface area contributed by atoms with Crippen LogP contribution < -0.4 is 9.47 Å². The molecule has 0 aliphatic heterocycles. The lowest BCUT2D eigenvalue weighted by atomic mass is 9.91. The van der Waals surface area contributed by atoms with Gasteiger partial charge in [0.1, 0.15) is 11.6 Å². The molecule has 94 valence electrons. The smallest absolute Gasteiger partial charge is 0.322 e. The van der Waals surface area contributed by atoms with Crippen LogP contribution in [-0.4, -0.2) is 35.0 Å². The largest absolute Gasteiger partial charge is 0.467 e. The summed E-state index contributed by atoms with van der Waals surface area (Å²) in [5, 5.41) is 0. The van der Waals surface area contributed by atoms with Crippen molar-refractivity contribution in [1.29, 1.82) is 0 Å². The van der Waals surface area contributed by atoms with Crippen LogP contribution in [-0.2, 0) is 4.79 Å². The fourth-order valence-electron chi connectivity index (χ4n) is 1.62. The Kier molecular flexibility index (Phi) is 4.37. The topological polar surface area (TPSA) is 74.2 Å². The van der Waals surface area contributed by atoms with Gasteiger partial charge in [0.15, 0.2) is 0 Å². The molecule has 1 atom stereocenters. The Balaban J connectivity index is 3.22. The maximum absolute atomic E-state index is 11.6. The van der Waals surface area contributed by atoms with Crippen molar-refractivity contribution < 1.29 is 14.3 Å². The number of hydrogen-bond acceptors (Lipinski definition) is 6. The number of ketones is 1. The zero-order valence-electron chi connectivity index (χ0n) is 10.7. The molecule has 0 saturated carbocycles. The van der Waals surface area contributed by atoms with Gasteiger partial charge in [-0.15, -0.1) is 4.98 Å². The minimum Gasteiger partial charge on any atom is -0.467 e. The minimum atomic E-state index is -0.374. The predicted molar refractivity (Wildman–Crippen MR) is 61.2 cm³/mol. The maximum Gasteiger partial charge on any atom is 0.322 e. The second-order valence-corrected chi connectivity index (χ2v) is 4.00. The van der Waals surface area contributed by atoms with Gasteiger partial charge < -0.3 is 9.47 Å². The summed E-state index contributed by atoms with van der Waals surface area (Å²) >= 11 is 0. The van der Waals surface area contributed by atoms with Crippen molar-refractivity contribution in [2.75, 3.05) is 14.2 Å². The van der Waals surface area contributed by atoms with Gasteiger partial charge in [-0.2, -0.15) is 9.97 Å². The molecule has 1 aromatic rings. The predicted octanol–water partition coefficient (Wildman–Crippen LogP) is 1.22. The molecular formula is C11H17N3O3. The molecule has 0 bridgehead atoms. The highest BCUT2D eigenvalue weighted by Gasteiger charge is 2.25. The third kappa shape index (κ3) is 3.12. The Morgan fingerprint density at radius 2 is 1.53 bits per heavy atom. The molecule has 6 nitrogen and oxygen atoms in total. The summed E-state index contributed by atoms with van der Waals surface area (Å²) in [6, 6.07) is 0.303. The van der Waals surface area contributed by atoms with Gasteiger partial charge in [-0.1, -0.05) is 13.8 Å². The zero-order valence-corrected chi connectivity index (χ0v) is 10.7. The van der Waals surface area contributed by atoms with Gasteiger partial charge in [-0.05, 0) is 12.8 Å². The van der Waals surface area contributed by atoms with E-state index >= 15 is 0 Å². The molecule has 1 unspecified atom stereocenters. The van der Waals surface area contributed by atoms with Gasteiger partial charge in [0, 0.05) is 0 Å². The summed E-state index contributed by atoms with van der Waals surface area (Å²) < 4.78 is 9.91. The molecule has 1 aromatic heterocycles. The van der Waals surface area contributed by atoms with Crippen molar-refractivity contribution in [3.8, 4) is 12.0 Å². The van der Waals surface area contributed by atoms with Crippen LogP contribution in [0, 0.1) is 5.92 Å². The van der Waals surface area contributed by atoms with Crippen molar-refractivity contribution >= 4 is 5.78 Å². The van der Waals surface area contributed by atoms with Gasteiger partial charge in [0.25, 0.3) is 0 Å². The van der Waals surface area contributed by atoms with Gasteiger partial charge in [-0.25, -0.2) is 0 Å². The molecule has 0 fully saturated rings. The third-order valence-electron chi connectivity index (χ3n) is 2.36. The Morgan fingerprint density at radius 1 is 1.06 bits per heavy atom. The fourth-order valence-corrected chi connectivity index (χ4v) is 1.62. The van der Waals surface area contributed by atoms with E-state index in [1.807, 2.05) is 13.8 Å². The Morgan fingerprint density at radius 3 is 1.82 bits per heavy atom. The van der Waals surface area contributed by atoms with Crippen molar-refractivity contribution in [2.45, 2.75) is 26.7 Å². The monoisotopic (exact) mass is 239 g/mol. The molecular weight excluding hydrogens is 222 g/mol. The standard InChI is InChI=1S/C11H17N3O3/c1-6(2)8(7(3)15)9-12-10(16-4)14-11(13-9)17-5/h6,8H,1-5H3. The van der Waals surface area contributed by atoms with E-state index < -0.39 is 0 Å². The van der Waals surface area contributed by atoms with E-state index in [0.717, 1.165) is 0 Å². The first-order chi connectivity index (χ1) is 7.99. The molecule has 0 saturated heterocycles. The minimum absolute atomic E-state index is 0.00954. The lowest BCUT2D eigenvalue weighted by molar-refractivity contribution is -0.119. The Hall–Kier alpha value is -1.72. The summed E-state index contributed by atoms with van der Waals surface area (Å²) in [6.07, 6.45) is 0. The van der Waals surface area contributed by atoms with Crippen molar-refractivity contribution in [1.82, 2.24) is 15.0 Å². The third-order valence-corrected chi connectivity index (χ3v) is 2.36. The highest BCUT2D eigenvalue weighted by Crippen LogP contribution is 2.24. The van der Waals surface area contributed by atoms with Crippen LogP contribution >= 0.6 is 0 Å². The van der Waals surface area contributed by atoms with Gasteiger partial charge in [0.05, 0.1) is 20.1 Å². The summed E-state index contributed by atoms with van der Waals surface area (Å²) in [4.78, 5) is 23.7. The quantitative estimate of drug-likeness (QED) is 0.769. The molecule has 17 heavy (non-hydrogen) atoms. The average molecular weight is 239 g/mol. The lowest BCUT2D eigenvalue weighted by Gasteiger charge is -2.16. The van der Waals surface area contributed by atoms with E-state index in [1.54, 1.807) is 0 Å². The number of hydrogen-bond donors (Lipinski definition) is 0. The molecule has 0 aromatic carbocycles. The number of carbonyl (C=O) groups is 1. The molecule has 0 spiro atoms. The summed E-state index contributed by atoms with van der Waals surface area (Å²) in [5.41, 5.74) is 0. The van der Waals surface area contributed by atoms with Gasteiger partial charge >= 0.3 is 12.0 Å². The highest BCUT2D eigenvalue weighted by molar-refractivity contribution is 5.82. The number of rotatable bonds is 5. The second-order valence-electron chi connectivity index (χ2n) is 4.00. The SMILES string of the molecule is COc1nc(OC)nc(C(C(C)=O)C(C)C)n1. The molecule has 0 aliphatic rings. The number of nitrogens with zero attached hydrogens (tertiary/aromatic N) is 3. The van der Waals surface area contributed by atoms with Crippen LogP contribution in [0.4, 0.5) is 0 Å². The van der Waals surface area contributed by atoms with Crippen LogP contribution in [0.25, 0.3) is 0 Å². The summed E-state index contributed by atoms with van der Waals surface area (Å²) in [5.74, 6) is 0.122. The summed E-state index contributed by atoms with van der Waals surface area (Å²) in [7, 11) is 2.91. The molecule has 0 amide bonds. The molecule has 1 heterocycles. The normalized spacial score (nSPS) is 12.4. The zero-order chi connectivity index (χ0) is 13.0. The maximum atomic E-state index is 11.6. The molecule has 6 heteroatoms. The van der Waals surface area contributed by atoms with E-state index in [1.165, 1.54) is 21.1 Å². The fraction of sp³-hybridized carbons (Fsp3) is 0.636. The molecule has 0 radical (unpaired) electrons. The molecule has 0 N–H and O–H groups in total. The van der Waals surface area contributed by atoms with Gasteiger partial charge in [-0.3, -0.25) is 4.79 Å². The van der Waals surface area contributed by atoms with Crippen LogP contribution in [0.15, 0.2) is 0 Å². The number of aromatic nitrogens is 3. The molecule has 1 rings (SSSR count). The lowest BCUT2D eigenvalue weighted by Crippen LogP contribution is -2.19. The number of methoxy groups -OCH3 is 2. The van der Waals surface area contributed by atoms with E-state index in [-0.39, 0.29) is 29.6 Å². The number of carbonyl (C=O) groups excluding carboxylic acids is 1. The highest BCUT2D eigenvalue weighted by atomic mass is 16.5. The number of ether oxygens (including phenoxy) is 2. The Bertz CT molecular complexity index is 385. The van der Waals surface area contributed by atoms with Crippen molar-refractivity contribution in [2.24, 2.45) is 5.92 Å². The first kappa shape index (κ1) is 13.3. The Labute approximate surface area is 100 Å². The molecule has 0 aliphatic carbocycles. The van der Waals surface area contributed by atoms with Crippen molar-refractivity contribution in [3.63, 3.8) is 0 Å². The second kappa shape index (κ2) is 5.56. The van der Waals surface area contributed by atoms with Crippen LogP contribution in [0.3, 0.4) is 0 Å². The van der Waals surface area contributed by atoms with Crippen LogP contribution in [0.2, 0.25) is 0 Å². The van der Waals surface area contributed by atoms with E-state index in [9.17, 15) is 4.79 Å². The van der Waals surface area contributed by atoms with Gasteiger partial charge in [0.2, 0.25) is 0 Å². The van der Waals surface area contributed by atoms with Crippen LogP contribution in [0.1, 0.15) is 32.5 Å². The van der Waals surface area contributed by atoms with E-state index in [0.29, 0.717) is 5.82 Å². The van der Waals surface area contributed by atoms with Crippen molar-refractivity contribution in [3.05, 3.63) is 5.82 Å². The average Bonchev–Trinajstić information content (AvgIpc) is 2.27. The van der Waals surface area contributed by atoms with Crippen LogP contribution in [0.5, 0.6) is 12.0 Å². The first-order valence-electron chi connectivity index (χ1n) is 5.34.